The number of rotatable bonds is 8. The fourth-order valence-corrected chi connectivity index (χ4v) is 3.79. The second-order valence-corrected chi connectivity index (χ2v) is 8.59. The maximum atomic E-state index is 13.0. The minimum absolute atomic E-state index is 0.0961. The van der Waals surface area contributed by atoms with Crippen LogP contribution in [0, 0.1) is 5.82 Å². The van der Waals surface area contributed by atoms with Crippen molar-refractivity contribution in [1.29, 1.82) is 0 Å². The van der Waals surface area contributed by atoms with Crippen LogP contribution in [0.3, 0.4) is 0 Å². The molecule has 1 aromatic heterocycles. The Bertz CT molecular complexity index is 1310. The number of carbonyl (C=O) groups is 2. The molecule has 0 aliphatic heterocycles. The van der Waals surface area contributed by atoms with Crippen LogP contribution >= 0.6 is 22.9 Å². The minimum atomic E-state index is -0.456. The van der Waals surface area contributed by atoms with Gasteiger partial charge in [-0.25, -0.2) is 4.39 Å². The van der Waals surface area contributed by atoms with Crippen LogP contribution in [0.5, 0.6) is 5.75 Å². The van der Waals surface area contributed by atoms with E-state index in [1.807, 2.05) is 12.1 Å². The average molecular weight is 497 g/mol. The summed E-state index contributed by atoms with van der Waals surface area (Å²) < 4.78 is 18.5. The van der Waals surface area contributed by atoms with Gasteiger partial charge >= 0.3 is 0 Å². The van der Waals surface area contributed by atoms with Crippen molar-refractivity contribution < 1.29 is 18.7 Å². The zero-order valence-corrected chi connectivity index (χ0v) is 19.2. The first-order valence-corrected chi connectivity index (χ1v) is 11.3. The summed E-state index contributed by atoms with van der Waals surface area (Å²) in [5.74, 6) is -0.618. The Labute approximate surface area is 203 Å². The Morgan fingerprint density at radius 2 is 1.76 bits per heavy atom. The summed E-state index contributed by atoms with van der Waals surface area (Å²) >= 11 is 7.04. The molecule has 2 N–H and O–H groups in total. The number of halogens is 2. The van der Waals surface area contributed by atoms with Gasteiger partial charge in [-0.05, 0) is 60.2 Å². The van der Waals surface area contributed by atoms with Crippen molar-refractivity contribution in [1.82, 2.24) is 15.5 Å². The third-order valence-electron chi connectivity index (χ3n) is 4.56. The van der Waals surface area contributed by atoms with E-state index in [-0.39, 0.29) is 23.3 Å². The van der Waals surface area contributed by atoms with Crippen LogP contribution in [0.4, 0.5) is 10.1 Å². The van der Waals surface area contributed by atoms with Gasteiger partial charge < -0.3 is 15.4 Å². The lowest BCUT2D eigenvalue weighted by Crippen LogP contribution is -2.23. The lowest BCUT2D eigenvalue weighted by molar-refractivity contribution is 0.0949. The monoisotopic (exact) mass is 496 g/mol. The molecule has 0 atom stereocenters. The summed E-state index contributed by atoms with van der Waals surface area (Å²) in [5.41, 5.74) is 1.71. The number of carbonyl (C=O) groups excluding carboxylic acids is 2. The molecule has 0 saturated carbocycles. The van der Waals surface area contributed by atoms with Gasteiger partial charge in [-0.3, -0.25) is 9.59 Å². The first kappa shape index (κ1) is 23.3. The van der Waals surface area contributed by atoms with E-state index in [2.05, 4.69) is 20.8 Å². The predicted octanol–water partition coefficient (Wildman–Crippen LogP) is 5.09. The van der Waals surface area contributed by atoms with Crippen molar-refractivity contribution in [2.24, 2.45) is 0 Å². The first-order valence-electron chi connectivity index (χ1n) is 10.1. The summed E-state index contributed by atoms with van der Waals surface area (Å²) in [6.45, 7) is 0.419. The van der Waals surface area contributed by atoms with Crippen LogP contribution in [0.2, 0.25) is 5.02 Å². The van der Waals surface area contributed by atoms with Crippen molar-refractivity contribution in [2.75, 3.05) is 5.32 Å². The van der Waals surface area contributed by atoms with Crippen molar-refractivity contribution in [3.05, 3.63) is 105 Å². The van der Waals surface area contributed by atoms with E-state index in [1.165, 1.54) is 24.3 Å². The fourth-order valence-electron chi connectivity index (χ4n) is 2.93. The van der Waals surface area contributed by atoms with Gasteiger partial charge in [0.15, 0.2) is 5.01 Å². The quantitative estimate of drug-likeness (QED) is 0.354. The lowest BCUT2D eigenvalue weighted by Gasteiger charge is -2.08. The number of amides is 2. The summed E-state index contributed by atoms with van der Waals surface area (Å²) in [6, 6.07) is 19.4. The van der Waals surface area contributed by atoms with Crippen LogP contribution in [-0.2, 0) is 13.2 Å². The number of hydrogen-bond donors (Lipinski definition) is 2. The number of hydrogen-bond acceptors (Lipinski definition) is 6. The highest BCUT2D eigenvalue weighted by molar-refractivity contribution is 7.13. The third kappa shape index (κ3) is 6.37. The van der Waals surface area contributed by atoms with E-state index in [1.54, 1.807) is 36.4 Å². The zero-order valence-electron chi connectivity index (χ0n) is 17.6. The molecule has 10 heteroatoms. The lowest BCUT2D eigenvalue weighted by atomic mass is 10.1. The van der Waals surface area contributed by atoms with Crippen LogP contribution in [0.25, 0.3) is 0 Å². The molecule has 0 aliphatic rings. The number of benzene rings is 3. The summed E-state index contributed by atoms with van der Waals surface area (Å²) in [4.78, 5) is 25.1. The average Bonchev–Trinajstić information content (AvgIpc) is 3.32. The Kier molecular flexibility index (Phi) is 7.46. The topological polar surface area (TPSA) is 93.2 Å². The van der Waals surface area contributed by atoms with Crippen molar-refractivity contribution >= 4 is 40.4 Å². The van der Waals surface area contributed by atoms with Gasteiger partial charge in [0.2, 0.25) is 5.01 Å². The maximum absolute atomic E-state index is 13.0. The SMILES string of the molecule is O=C(NCc1cccc(Cl)c1)c1cccc(NC(=O)c2nnc(COc3ccc(F)cc3)s2)c1. The van der Waals surface area contributed by atoms with Gasteiger partial charge in [-0.15, -0.1) is 10.2 Å². The highest BCUT2D eigenvalue weighted by Gasteiger charge is 2.15. The summed E-state index contributed by atoms with van der Waals surface area (Å²) in [5, 5.41) is 14.6. The first-order chi connectivity index (χ1) is 16.5. The molecule has 0 radical (unpaired) electrons. The summed E-state index contributed by atoms with van der Waals surface area (Å²) in [7, 11) is 0. The second-order valence-electron chi connectivity index (χ2n) is 7.09. The number of aromatic nitrogens is 2. The molecule has 172 valence electrons. The van der Waals surface area contributed by atoms with E-state index < -0.39 is 5.91 Å². The third-order valence-corrected chi connectivity index (χ3v) is 5.69. The van der Waals surface area contributed by atoms with Gasteiger partial charge in [0, 0.05) is 22.8 Å². The molecule has 2 amide bonds. The predicted molar refractivity (Wildman–Crippen MR) is 128 cm³/mol. The molecule has 0 bridgehead atoms. The number of anilines is 1. The van der Waals surface area contributed by atoms with E-state index in [9.17, 15) is 14.0 Å². The van der Waals surface area contributed by atoms with Gasteiger partial charge in [0.25, 0.3) is 11.8 Å². The molecule has 34 heavy (non-hydrogen) atoms. The van der Waals surface area contributed by atoms with E-state index in [4.69, 9.17) is 16.3 Å². The highest BCUT2D eigenvalue weighted by atomic mass is 35.5. The second kappa shape index (κ2) is 10.9. The number of nitrogens with zero attached hydrogens (tertiary/aromatic N) is 2. The molecular formula is C24H18ClFN4O3S. The summed E-state index contributed by atoms with van der Waals surface area (Å²) in [6.07, 6.45) is 0. The van der Waals surface area contributed by atoms with Crippen LogP contribution in [0.15, 0.2) is 72.8 Å². The van der Waals surface area contributed by atoms with Crippen LogP contribution in [-0.4, -0.2) is 22.0 Å². The van der Waals surface area contributed by atoms with E-state index in [0.717, 1.165) is 16.9 Å². The Hall–Kier alpha value is -3.82. The Balaban J connectivity index is 1.33. The molecule has 0 fully saturated rings. The van der Waals surface area contributed by atoms with Crippen molar-refractivity contribution in [2.45, 2.75) is 13.2 Å². The molecule has 1 heterocycles. The molecule has 0 aliphatic carbocycles. The number of ether oxygens (including phenoxy) is 1. The molecule has 7 nitrogen and oxygen atoms in total. The van der Waals surface area contributed by atoms with Gasteiger partial charge in [0.05, 0.1) is 0 Å². The minimum Gasteiger partial charge on any atom is -0.486 e. The van der Waals surface area contributed by atoms with Gasteiger partial charge in [-0.1, -0.05) is 41.1 Å². The van der Waals surface area contributed by atoms with E-state index >= 15 is 0 Å². The standard InChI is InChI=1S/C24H18ClFN4O3S/c25-17-5-1-3-15(11-17)13-27-22(31)16-4-2-6-19(12-16)28-23(32)24-30-29-21(34-24)14-33-20-9-7-18(26)8-10-20/h1-12H,13-14H2,(H,27,31)(H,28,32). The van der Waals surface area contributed by atoms with Crippen LogP contribution < -0.4 is 15.4 Å². The van der Waals surface area contributed by atoms with E-state index in [0.29, 0.717) is 33.6 Å². The smallest absolute Gasteiger partial charge is 0.286 e. The Morgan fingerprint density at radius 3 is 2.56 bits per heavy atom. The maximum Gasteiger partial charge on any atom is 0.286 e. The fraction of sp³-hybridized carbons (Fsp3) is 0.0833. The molecule has 4 aromatic rings. The van der Waals surface area contributed by atoms with Crippen molar-refractivity contribution in [3.8, 4) is 5.75 Å². The van der Waals surface area contributed by atoms with Crippen LogP contribution in [0.1, 0.15) is 30.7 Å². The van der Waals surface area contributed by atoms with Gasteiger partial charge in [-0.2, -0.15) is 0 Å². The van der Waals surface area contributed by atoms with Crippen molar-refractivity contribution in [3.63, 3.8) is 0 Å². The zero-order chi connectivity index (χ0) is 23.9. The molecule has 0 saturated heterocycles. The number of nitrogens with one attached hydrogen (secondary N) is 2. The molecule has 0 unspecified atom stereocenters. The van der Waals surface area contributed by atoms with Gasteiger partial charge in [0.1, 0.15) is 18.2 Å². The largest absolute Gasteiger partial charge is 0.486 e. The Morgan fingerprint density at radius 1 is 0.971 bits per heavy atom. The normalized spacial score (nSPS) is 10.5. The molecular weight excluding hydrogens is 479 g/mol. The highest BCUT2D eigenvalue weighted by Crippen LogP contribution is 2.18. The molecule has 3 aromatic carbocycles. The molecule has 4 rings (SSSR count). The molecule has 0 spiro atoms.